The summed E-state index contributed by atoms with van der Waals surface area (Å²) in [7, 11) is 0. The molecule has 2 heterocycles. The van der Waals surface area contributed by atoms with Gasteiger partial charge in [0.25, 0.3) is 5.56 Å². The van der Waals surface area contributed by atoms with Crippen LogP contribution in [0.5, 0.6) is 0 Å². The first-order valence-corrected chi connectivity index (χ1v) is 9.06. The van der Waals surface area contributed by atoms with Crippen LogP contribution in [0.4, 0.5) is 0 Å². The quantitative estimate of drug-likeness (QED) is 0.730. The first kappa shape index (κ1) is 16.6. The molecule has 4 rings (SSSR count). The SMILES string of the molecule is CCOC(=O)c1c[nH]n2c(=O)cc(-c3ccc(C4CCCC4)cc3)nc12. The molecule has 0 saturated heterocycles. The summed E-state index contributed by atoms with van der Waals surface area (Å²) >= 11 is 0. The minimum Gasteiger partial charge on any atom is -0.462 e. The molecule has 134 valence electrons. The molecule has 6 nitrogen and oxygen atoms in total. The molecule has 26 heavy (non-hydrogen) atoms. The number of nitrogens with zero attached hydrogens (tertiary/aromatic N) is 2. The summed E-state index contributed by atoms with van der Waals surface area (Å²) in [6.07, 6.45) is 6.54. The Balaban J connectivity index is 1.73. The van der Waals surface area contributed by atoms with Crippen molar-refractivity contribution in [2.45, 2.75) is 38.5 Å². The number of nitrogens with one attached hydrogen (secondary N) is 1. The molecule has 1 fully saturated rings. The van der Waals surface area contributed by atoms with Crippen LogP contribution in [0.1, 0.15) is 54.4 Å². The number of aromatic amines is 1. The van der Waals surface area contributed by atoms with Gasteiger partial charge in [-0.3, -0.25) is 9.89 Å². The lowest BCUT2D eigenvalue weighted by atomic mass is 9.96. The van der Waals surface area contributed by atoms with E-state index in [1.54, 1.807) is 6.92 Å². The molecule has 0 unspecified atom stereocenters. The van der Waals surface area contributed by atoms with E-state index in [4.69, 9.17) is 4.74 Å². The summed E-state index contributed by atoms with van der Waals surface area (Å²) in [5.41, 5.74) is 3.04. The van der Waals surface area contributed by atoms with Gasteiger partial charge in [-0.1, -0.05) is 37.1 Å². The Kier molecular flexibility index (Phi) is 4.32. The number of benzene rings is 1. The Morgan fingerprint density at radius 2 is 2.00 bits per heavy atom. The maximum absolute atomic E-state index is 12.4. The fourth-order valence-corrected chi connectivity index (χ4v) is 3.67. The van der Waals surface area contributed by atoms with Crippen LogP contribution < -0.4 is 5.56 Å². The van der Waals surface area contributed by atoms with Crippen molar-refractivity contribution < 1.29 is 9.53 Å². The number of H-pyrrole nitrogens is 1. The van der Waals surface area contributed by atoms with Crippen LogP contribution >= 0.6 is 0 Å². The number of hydrogen-bond donors (Lipinski definition) is 1. The lowest BCUT2D eigenvalue weighted by Gasteiger charge is -2.10. The third-order valence-electron chi connectivity index (χ3n) is 5.03. The van der Waals surface area contributed by atoms with Crippen LogP contribution in [0.2, 0.25) is 0 Å². The number of rotatable bonds is 4. The molecule has 1 aliphatic carbocycles. The summed E-state index contributed by atoms with van der Waals surface area (Å²) in [6, 6.07) is 9.73. The molecule has 1 N–H and O–H groups in total. The highest BCUT2D eigenvalue weighted by molar-refractivity contribution is 5.95. The van der Waals surface area contributed by atoms with Crippen molar-refractivity contribution >= 4 is 11.6 Å². The van der Waals surface area contributed by atoms with E-state index in [2.05, 4.69) is 22.2 Å². The number of aromatic nitrogens is 3. The van der Waals surface area contributed by atoms with Gasteiger partial charge in [-0.25, -0.2) is 14.3 Å². The monoisotopic (exact) mass is 351 g/mol. The molecule has 6 heteroatoms. The van der Waals surface area contributed by atoms with Gasteiger partial charge in [0.1, 0.15) is 5.56 Å². The zero-order valence-electron chi connectivity index (χ0n) is 14.7. The Hall–Kier alpha value is -2.89. The lowest BCUT2D eigenvalue weighted by Crippen LogP contribution is -2.15. The van der Waals surface area contributed by atoms with Gasteiger partial charge >= 0.3 is 5.97 Å². The van der Waals surface area contributed by atoms with Gasteiger partial charge in [0.2, 0.25) is 0 Å². The number of esters is 1. The zero-order valence-corrected chi connectivity index (χ0v) is 14.7. The molecule has 0 atom stereocenters. The van der Waals surface area contributed by atoms with Crippen molar-refractivity contribution in [3.05, 3.63) is 58.0 Å². The highest BCUT2D eigenvalue weighted by Crippen LogP contribution is 2.34. The van der Waals surface area contributed by atoms with Crippen molar-refractivity contribution in [3.63, 3.8) is 0 Å². The van der Waals surface area contributed by atoms with Crippen LogP contribution in [0, 0.1) is 0 Å². The Labute approximate surface area is 150 Å². The Morgan fingerprint density at radius 1 is 1.27 bits per heavy atom. The van der Waals surface area contributed by atoms with E-state index in [0.29, 0.717) is 11.6 Å². The van der Waals surface area contributed by atoms with Crippen LogP contribution in [0.25, 0.3) is 16.9 Å². The smallest absolute Gasteiger partial charge is 0.343 e. The molecule has 1 saturated carbocycles. The average molecular weight is 351 g/mol. The summed E-state index contributed by atoms with van der Waals surface area (Å²) in [5, 5.41) is 2.76. The van der Waals surface area contributed by atoms with Crippen LogP contribution in [0.15, 0.2) is 41.3 Å². The number of fused-ring (bicyclic) bond motifs is 1. The van der Waals surface area contributed by atoms with Crippen molar-refractivity contribution in [1.29, 1.82) is 0 Å². The van der Waals surface area contributed by atoms with Gasteiger partial charge in [-0.15, -0.1) is 0 Å². The maximum atomic E-state index is 12.4. The van der Waals surface area contributed by atoms with E-state index in [1.807, 2.05) is 12.1 Å². The number of hydrogen-bond acceptors (Lipinski definition) is 4. The molecule has 1 aliphatic rings. The standard InChI is InChI=1S/C20H21N3O3/c1-2-26-20(25)16-12-21-23-18(24)11-17(22-19(16)23)15-9-7-14(8-10-15)13-5-3-4-6-13/h7-13,21H,2-6H2,1H3. The highest BCUT2D eigenvalue weighted by Gasteiger charge is 2.18. The molecule has 0 aliphatic heterocycles. The largest absolute Gasteiger partial charge is 0.462 e. The average Bonchev–Trinajstić information content (AvgIpc) is 3.32. The van der Waals surface area contributed by atoms with Crippen molar-refractivity contribution in [2.24, 2.45) is 0 Å². The lowest BCUT2D eigenvalue weighted by molar-refractivity contribution is 0.0528. The molecule has 0 spiro atoms. The van der Waals surface area contributed by atoms with Crippen LogP contribution in [-0.4, -0.2) is 27.2 Å². The number of carbonyl (C=O) groups is 1. The summed E-state index contributed by atoms with van der Waals surface area (Å²) < 4.78 is 6.29. The predicted molar refractivity (Wildman–Crippen MR) is 98.4 cm³/mol. The minimum atomic E-state index is -0.494. The van der Waals surface area contributed by atoms with Gasteiger partial charge in [-0.2, -0.15) is 0 Å². The van der Waals surface area contributed by atoms with E-state index in [1.165, 1.54) is 48.0 Å². The van der Waals surface area contributed by atoms with Gasteiger partial charge in [0.05, 0.1) is 12.3 Å². The van der Waals surface area contributed by atoms with E-state index >= 15 is 0 Å². The second kappa shape index (κ2) is 6.78. The Morgan fingerprint density at radius 3 is 2.69 bits per heavy atom. The second-order valence-corrected chi connectivity index (χ2v) is 6.65. The molecule has 1 aromatic carbocycles. The summed E-state index contributed by atoms with van der Waals surface area (Å²) in [4.78, 5) is 29.0. The van der Waals surface area contributed by atoms with Gasteiger partial charge in [-0.05, 0) is 31.2 Å². The minimum absolute atomic E-state index is 0.258. The first-order valence-electron chi connectivity index (χ1n) is 9.06. The molecule has 0 amide bonds. The van der Waals surface area contributed by atoms with Crippen LogP contribution in [0.3, 0.4) is 0 Å². The van der Waals surface area contributed by atoms with Crippen molar-refractivity contribution in [2.75, 3.05) is 6.61 Å². The molecular weight excluding hydrogens is 330 g/mol. The topological polar surface area (TPSA) is 76.5 Å². The fraction of sp³-hybridized carbons (Fsp3) is 0.350. The zero-order chi connectivity index (χ0) is 18.1. The van der Waals surface area contributed by atoms with Crippen molar-refractivity contribution in [3.8, 4) is 11.3 Å². The summed E-state index contributed by atoms with van der Waals surface area (Å²) in [5.74, 6) is 0.150. The third kappa shape index (κ3) is 2.92. The molecule has 2 aromatic heterocycles. The fourth-order valence-electron chi connectivity index (χ4n) is 3.67. The van der Waals surface area contributed by atoms with Gasteiger partial charge in [0, 0.05) is 17.8 Å². The number of ether oxygens (including phenoxy) is 1. The van der Waals surface area contributed by atoms with Crippen LogP contribution in [-0.2, 0) is 4.74 Å². The second-order valence-electron chi connectivity index (χ2n) is 6.65. The van der Waals surface area contributed by atoms with Gasteiger partial charge in [0.15, 0.2) is 5.65 Å². The molecule has 0 bridgehead atoms. The predicted octanol–water partition coefficient (Wildman–Crippen LogP) is 3.52. The molecule has 3 aromatic rings. The number of carbonyl (C=O) groups excluding carboxylic acids is 1. The van der Waals surface area contributed by atoms with Crippen molar-refractivity contribution in [1.82, 2.24) is 14.6 Å². The van der Waals surface area contributed by atoms with Gasteiger partial charge < -0.3 is 4.74 Å². The summed E-state index contributed by atoms with van der Waals surface area (Å²) in [6.45, 7) is 2.01. The van der Waals surface area contributed by atoms with E-state index < -0.39 is 5.97 Å². The van der Waals surface area contributed by atoms with E-state index in [9.17, 15) is 9.59 Å². The molecular formula is C20H21N3O3. The third-order valence-corrected chi connectivity index (χ3v) is 5.03. The Bertz CT molecular complexity index is 995. The first-order chi connectivity index (χ1) is 12.7. The normalized spacial score (nSPS) is 14.8. The van der Waals surface area contributed by atoms with E-state index in [-0.39, 0.29) is 23.4 Å². The highest BCUT2D eigenvalue weighted by atomic mass is 16.5. The molecule has 0 radical (unpaired) electrons. The maximum Gasteiger partial charge on any atom is 0.343 e. The van der Waals surface area contributed by atoms with E-state index in [0.717, 1.165) is 5.56 Å².